The van der Waals surface area contributed by atoms with E-state index in [0.717, 1.165) is 11.5 Å². The summed E-state index contributed by atoms with van der Waals surface area (Å²) in [4.78, 5) is 1.92. The first-order valence-corrected chi connectivity index (χ1v) is 6.73. The van der Waals surface area contributed by atoms with E-state index in [1.54, 1.807) is 4.68 Å². The fraction of sp³-hybridized carbons (Fsp3) is 0.692. The number of aliphatic hydroxyl groups is 1. The molecule has 0 spiro atoms. The topological polar surface area (TPSA) is 100 Å². The summed E-state index contributed by atoms with van der Waals surface area (Å²) < 4.78 is 6.99. The number of aromatic nitrogens is 2. The van der Waals surface area contributed by atoms with Gasteiger partial charge < -0.3 is 20.5 Å². The average molecular weight is 281 g/mol. The predicted molar refractivity (Wildman–Crippen MR) is 77.2 cm³/mol. The molecule has 0 atom stereocenters. The van der Waals surface area contributed by atoms with Crippen LogP contribution in [0.2, 0.25) is 0 Å². The highest BCUT2D eigenvalue weighted by Crippen LogP contribution is 2.27. The van der Waals surface area contributed by atoms with Crippen LogP contribution in [-0.4, -0.2) is 53.1 Å². The van der Waals surface area contributed by atoms with Gasteiger partial charge in [-0.05, 0) is 6.92 Å². The average Bonchev–Trinajstić information content (AvgIpc) is 2.64. The lowest BCUT2D eigenvalue weighted by molar-refractivity contribution is -0.0573. The van der Waals surface area contributed by atoms with Crippen molar-refractivity contribution < 1.29 is 9.84 Å². The van der Waals surface area contributed by atoms with Crippen molar-refractivity contribution in [3.8, 4) is 0 Å². The summed E-state index contributed by atoms with van der Waals surface area (Å²) in [5, 5.41) is 22.6. The fourth-order valence-corrected chi connectivity index (χ4v) is 2.83. The Morgan fingerprint density at radius 2 is 2.15 bits per heavy atom. The van der Waals surface area contributed by atoms with Crippen LogP contribution in [0.25, 0.3) is 0 Å². The maximum atomic E-state index is 10.6. The zero-order valence-electron chi connectivity index (χ0n) is 12.3. The lowest BCUT2D eigenvalue weighted by Gasteiger charge is -2.36. The van der Waals surface area contributed by atoms with E-state index in [9.17, 15) is 5.11 Å². The number of aryl methyl sites for hydroxylation is 2. The highest BCUT2D eigenvalue weighted by Gasteiger charge is 2.32. The zero-order chi connectivity index (χ0) is 14.9. The van der Waals surface area contributed by atoms with E-state index < -0.39 is 5.60 Å². The van der Waals surface area contributed by atoms with Gasteiger partial charge in [-0.25, -0.2) is 0 Å². The lowest BCUT2D eigenvalue weighted by Crippen LogP contribution is -2.46. The van der Waals surface area contributed by atoms with Gasteiger partial charge in [0.05, 0.1) is 16.9 Å². The van der Waals surface area contributed by atoms with Gasteiger partial charge in [-0.1, -0.05) is 0 Å². The molecule has 4 N–H and O–H groups in total. The lowest BCUT2D eigenvalue weighted by atomic mass is 9.94. The summed E-state index contributed by atoms with van der Waals surface area (Å²) in [7, 11) is 3.70. The quantitative estimate of drug-likeness (QED) is 0.532. The number of hydrogen-bond acceptors (Lipinski definition) is 5. The van der Waals surface area contributed by atoms with Gasteiger partial charge in [0.1, 0.15) is 11.7 Å². The van der Waals surface area contributed by atoms with E-state index in [1.165, 1.54) is 0 Å². The molecular formula is C13H23N5O2. The minimum Gasteiger partial charge on any atom is -0.388 e. The highest BCUT2D eigenvalue weighted by molar-refractivity contribution is 6.00. The third-order valence-corrected chi connectivity index (χ3v) is 3.78. The van der Waals surface area contributed by atoms with E-state index in [2.05, 4.69) is 5.10 Å². The molecule has 112 valence electrons. The minimum absolute atomic E-state index is 0.00332. The molecule has 2 rings (SSSR count). The van der Waals surface area contributed by atoms with E-state index in [-0.39, 0.29) is 5.84 Å². The van der Waals surface area contributed by atoms with Crippen molar-refractivity contribution in [3.63, 3.8) is 0 Å². The first kappa shape index (κ1) is 14.8. The molecule has 1 aromatic heterocycles. The molecule has 0 radical (unpaired) electrons. The summed E-state index contributed by atoms with van der Waals surface area (Å²) in [6.45, 7) is 3.45. The minimum atomic E-state index is -0.765. The number of likely N-dealkylation sites (N-methyl/N-ethyl adjacent to an activating group) is 1. The van der Waals surface area contributed by atoms with Crippen LogP contribution >= 0.6 is 0 Å². The second-order valence-electron chi connectivity index (χ2n) is 5.51. The summed E-state index contributed by atoms with van der Waals surface area (Å²) in [6, 6.07) is 0. The molecule has 7 heteroatoms. The highest BCUT2D eigenvalue weighted by atomic mass is 16.5. The van der Waals surface area contributed by atoms with Crippen molar-refractivity contribution in [3.05, 3.63) is 11.3 Å². The second kappa shape index (κ2) is 5.41. The van der Waals surface area contributed by atoms with Crippen LogP contribution in [0.4, 0.5) is 5.82 Å². The number of rotatable bonds is 4. The smallest absolute Gasteiger partial charge is 0.137 e. The third kappa shape index (κ3) is 2.78. The maximum Gasteiger partial charge on any atom is 0.137 e. The molecule has 1 aromatic rings. The summed E-state index contributed by atoms with van der Waals surface area (Å²) in [5.74, 6) is 0.756. The Hall–Kier alpha value is -1.60. The second-order valence-corrected chi connectivity index (χ2v) is 5.51. The Balaban J connectivity index is 2.25. The Morgan fingerprint density at radius 3 is 2.70 bits per heavy atom. The molecule has 0 unspecified atom stereocenters. The Morgan fingerprint density at radius 1 is 1.55 bits per heavy atom. The SMILES string of the molecule is Cc1nn(C)c(N(C)CC2(O)CCOCC2)c1C(=N)N. The van der Waals surface area contributed by atoms with Crippen LogP contribution in [0.1, 0.15) is 24.1 Å². The molecule has 0 aliphatic carbocycles. The summed E-state index contributed by atoms with van der Waals surface area (Å²) in [6.07, 6.45) is 1.23. The molecule has 0 saturated carbocycles. The molecule has 1 fully saturated rings. The number of anilines is 1. The van der Waals surface area contributed by atoms with Gasteiger partial charge in [0.2, 0.25) is 0 Å². The number of amidine groups is 1. The predicted octanol–water partition coefficient (Wildman–Crippen LogP) is -0.00971. The molecule has 20 heavy (non-hydrogen) atoms. The van der Waals surface area contributed by atoms with Crippen LogP contribution in [0.5, 0.6) is 0 Å². The van der Waals surface area contributed by atoms with Crippen LogP contribution in [0.3, 0.4) is 0 Å². The van der Waals surface area contributed by atoms with Gasteiger partial charge in [0.25, 0.3) is 0 Å². The molecule has 1 aliphatic rings. The summed E-state index contributed by atoms with van der Waals surface area (Å²) >= 11 is 0. The molecule has 1 aliphatic heterocycles. The molecule has 2 heterocycles. The first-order chi connectivity index (χ1) is 9.34. The van der Waals surface area contributed by atoms with Gasteiger partial charge in [0, 0.05) is 46.7 Å². The zero-order valence-corrected chi connectivity index (χ0v) is 12.3. The number of nitrogen functional groups attached to an aromatic ring is 1. The van der Waals surface area contributed by atoms with Crippen molar-refractivity contribution >= 4 is 11.7 Å². The fourth-order valence-electron chi connectivity index (χ4n) is 2.83. The van der Waals surface area contributed by atoms with Crippen molar-refractivity contribution in [2.24, 2.45) is 12.8 Å². The Kier molecular flexibility index (Phi) is 4.01. The van der Waals surface area contributed by atoms with E-state index in [0.29, 0.717) is 38.2 Å². The van der Waals surface area contributed by atoms with Crippen molar-refractivity contribution in [1.29, 1.82) is 5.41 Å². The Labute approximate surface area is 118 Å². The molecule has 0 aromatic carbocycles. The Bertz CT molecular complexity index is 505. The van der Waals surface area contributed by atoms with Gasteiger partial charge >= 0.3 is 0 Å². The summed E-state index contributed by atoms with van der Waals surface area (Å²) in [5.41, 5.74) is 6.24. The van der Waals surface area contributed by atoms with E-state index in [1.807, 2.05) is 25.9 Å². The normalized spacial score (nSPS) is 18.0. The van der Waals surface area contributed by atoms with Gasteiger partial charge in [-0.2, -0.15) is 5.10 Å². The third-order valence-electron chi connectivity index (χ3n) is 3.78. The van der Waals surface area contributed by atoms with Crippen LogP contribution in [0, 0.1) is 12.3 Å². The molecule has 0 bridgehead atoms. The molecule has 7 nitrogen and oxygen atoms in total. The van der Waals surface area contributed by atoms with Crippen molar-refractivity contribution in [1.82, 2.24) is 9.78 Å². The first-order valence-electron chi connectivity index (χ1n) is 6.73. The van der Waals surface area contributed by atoms with Crippen molar-refractivity contribution in [2.45, 2.75) is 25.4 Å². The number of nitrogens with zero attached hydrogens (tertiary/aromatic N) is 3. The van der Waals surface area contributed by atoms with Gasteiger partial charge in [0.15, 0.2) is 0 Å². The van der Waals surface area contributed by atoms with Gasteiger partial charge in [-0.15, -0.1) is 0 Å². The molecule has 1 saturated heterocycles. The monoisotopic (exact) mass is 281 g/mol. The van der Waals surface area contributed by atoms with Crippen LogP contribution in [0.15, 0.2) is 0 Å². The van der Waals surface area contributed by atoms with Gasteiger partial charge in [-0.3, -0.25) is 10.1 Å². The molecule has 0 amide bonds. The number of ether oxygens (including phenoxy) is 1. The number of hydrogen-bond donors (Lipinski definition) is 3. The van der Waals surface area contributed by atoms with E-state index in [4.69, 9.17) is 15.9 Å². The van der Waals surface area contributed by atoms with Crippen molar-refractivity contribution in [2.75, 3.05) is 31.7 Å². The van der Waals surface area contributed by atoms with Crippen LogP contribution in [-0.2, 0) is 11.8 Å². The van der Waals surface area contributed by atoms with E-state index >= 15 is 0 Å². The standard InChI is InChI=1S/C13H23N5O2/c1-9-10(11(14)15)12(18(3)16-9)17(2)8-13(19)4-6-20-7-5-13/h19H,4-8H2,1-3H3,(H3,14,15). The maximum absolute atomic E-state index is 10.6. The largest absolute Gasteiger partial charge is 0.388 e. The number of nitrogens with two attached hydrogens (primary N) is 1. The number of nitrogens with one attached hydrogen (secondary N) is 1. The van der Waals surface area contributed by atoms with Crippen LogP contribution < -0.4 is 10.6 Å². The molecular weight excluding hydrogens is 258 g/mol.